The first-order valence-electron chi connectivity index (χ1n) is 9.66. The van der Waals surface area contributed by atoms with Crippen molar-refractivity contribution in [1.82, 2.24) is 20.6 Å². The maximum atomic E-state index is 12.2. The van der Waals surface area contributed by atoms with Crippen molar-refractivity contribution < 1.29 is 23.7 Å². The minimum absolute atomic E-state index is 0.0374. The summed E-state index contributed by atoms with van der Waals surface area (Å²) in [6.07, 6.45) is 6.51. The number of carbonyl (C=O) groups is 1. The quantitative estimate of drug-likeness (QED) is 0.767. The smallest absolute Gasteiger partial charge is 0.315 e. The number of carbonyl (C=O) groups excluding carboxylic acids is 1. The highest BCUT2D eigenvalue weighted by atomic mass is 16.7. The number of urea groups is 1. The normalized spacial score (nSPS) is 20.0. The highest BCUT2D eigenvalue weighted by Gasteiger charge is 2.25. The average Bonchev–Trinajstić information content (AvgIpc) is 3.22. The molecule has 1 aromatic carbocycles. The molecule has 9 nitrogen and oxygen atoms in total. The van der Waals surface area contributed by atoms with E-state index in [1.54, 1.807) is 19.5 Å². The molecule has 0 atom stereocenters. The Morgan fingerprint density at radius 2 is 1.86 bits per heavy atom. The summed E-state index contributed by atoms with van der Waals surface area (Å²) in [6, 6.07) is 5.59. The Morgan fingerprint density at radius 1 is 1.10 bits per heavy atom. The molecule has 1 saturated carbocycles. The molecular weight excluding hydrogens is 376 g/mol. The van der Waals surface area contributed by atoms with Crippen molar-refractivity contribution in [1.29, 1.82) is 0 Å². The molecule has 0 spiro atoms. The van der Waals surface area contributed by atoms with Crippen molar-refractivity contribution in [3.63, 3.8) is 0 Å². The SMILES string of the molecule is COc1nccnc1OC1CCC(NC(=O)NCc2ccc3c(c2)OCO3)CC1. The average molecular weight is 400 g/mol. The number of nitrogens with zero attached hydrogens (tertiary/aromatic N) is 2. The first kappa shape index (κ1) is 19.1. The van der Waals surface area contributed by atoms with E-state index in [1.165, 1.54) is 0 Å². The summed E-state index contributed by atoms with van der Waals surface area (Å²) in [7, 11) is 1.54. The maximum Gasteiger partial charge on any atom is 0.315 e. The Bertz CT molecular complexity index is 855. The lowest BCUT2D eigenvalue weighted by molar-refractivity contribution is 0.129. The van der Waals surface area contributed by atoms with Gasteiger partial charge in [-0.3, -0.25) is 0 Å². The number of benzene rings is 1. The van der Waals surface area contributed by atoms with Gasteiger partial charge in [0, 0.05) is 25.0 Å². The zero-order valence-corrected chi connectivity index (χ0v) is 16.2. The lowest BCUT2D eigenvalue weighted by Crippen LogP contribution is -2.44. The molecule has 1 aliphatic carbocycles. The standard InChI is InChI=1S/C20H24N4O5/c1-26-18-19(22-9-8-21-18)29-15-5-3-14(4-6-15)24-20(25)23-11-13-2-7-16-17(10-13)28-12-27-16/h2,7-10,14-15H,3-6,11-12H2,1H3,(H2,23,24,25). The fraction of sp³-hybridized carbons (Fsp3) is 0.450. The van der Waals surface area contributed by atoms with E-state index < -0.39 is 0 Å². The van der Waals surface area contributed by atoms with Gasteiger partial charge in [-0.15, -0.1) is 0 Å². The second-order valence-corrected chi connectivity index (χ2v) is 6.98. The molecule has 4 rings (SSSR count). The Balaban J connectivity index is 1.20. The number of amides is 2. The summed E-state index contributed by atoms with van der Waals surface area (Å²) < 4.78 is 21.7. The molecule has 1 aromatic heterocycles. The molecular formula is C20H24N4O5. The summed E-state index contributed by atoms with van der Waals surface area (Å²) >= 11 is 0. The minimum Gasteiger partial charge on any atom is -0.477 e. The van der Waals surface area contributed by atoms with Crippen LogP contribution in [0, 0.1) is 0 Å². The van der Waals surface area contributed by atoms with Crippen molar-refractivity contribution in [3.8, 4) is 23.3 Å². The lowest BCUT2D eigenvalue weighted by Gasteiger charge is -2.29. The van der Waals surface area contributed by atoms with Crippen LogP contribution < -0.4 is 29.6 Å². The number of nitrogens with one attached hydrogen (secondary N) is 2. The summed E-state index contributed by atoms with van der Waals surface area (Å²) in [4.78, 5) is 20.5. The maximum absolute atomic E-state index is 12.2. The van der Waals surface area contributed by atoms with Gasteiger partial charge in [-0.1, -0.05) is 6.07 Å². The van der Waals surface area contributed by atoms with Gasteiger partial charge in [0.2, 0.25) is 6.79 Å². The van der Waals surface area contributed by atoms with E-state index in [1.807, 2.05) is 18.2 Å². The molecule has 154 valence electrons. The van der Waals surface area contributed by atoms with Crippen molar-refractivity contribution in [2.75, 3.05) is 13.9 Å². The van der Waals surface area contributed by atoms with Gasteiger partial charge in [-0.25, -0.2) is 14.8 Å². The Kier molecular flexibility index (Phi) is 5.83. The van der Waals surface area contributed by atoms with Crippen molar-refractivity contribution >= 4 is 6.03 Å². The van der Waals surface area contributed by atoms with Crippen molar-refractivity contribution in [2.45, 2.75) is 44.4 Å². The Hall–Kier alpha value is -3.23. The number of hydrogen-bond donors (Lipinski definition) is 2. The molecule has 0 bridgehead atoms. The van der Waals surface area contributed by atoms with E-state index in [-0.39, 0.29) is 25.0 Å². The number of aromatic nitrogens is 2. The van der Waals surface area contributed by atoms with E-state index in [9.17, 15) is 4.79 Å². The van der Waals surface area contributed by atoms with Crippen LogP contribution in [-0.4, -0.2) is 42.0 Å². The van der Waals surface area contributed by atoms with Gasteiger partial charge < -0.3 is 29.6 Å². The van der Waals surface area contributed by atoms with Crippen LogP contribution in [0.1, 0.15) is 31.2 Å². The summed E-state index contributed by atoms with van der Waals surface area (Å²) in [5, 5.41) is 5.93. The Labute approximate surface area is 168 Å². The molecule has 2 amide bonds. The van der Waals surface area contributed by atoms with E-state index >= 15 is 0 Å². The second-order valence-electron chi connectivity index (χ2n) is 6.98. The zero-order valence-electron chi connectivity index (χ0n) is 16.2. The molecule has 2 heterocycles. The largest absolute Gasteiger partial charge is 0.477 e. The molecule has 29 heavy (non-hydrogen) atoms. The predicted molar refractivity (Wildman–Crippen MR) is 103 cm³/mol. The van der Waals surface area contributed by atoms with Gasteiger partial charge in [0.25, 0.3) is 11.8 Å². The molecule has 0 unspecified atom stereocenters. The lowest BCUT2D eigenvalue weighted by atomic mass is 9.93. The number of fused-ring (bicyclic) bond motifs is 1. The molecule has 1 fully saturated rings. The number of hydrogen-bond acceptors (Lipinski definition) is 7. The van der Waals surface area contributed by atoms with E-state index in [4.69, 9.17) is 18.9 Å². The molecule has 0 saturated heterocycles. The van der Waals surface area contributed by atoms with Gasteiger partial charge in [0.05, 0.1) is 7.11 Å². The second kappa shape index (κ2) is 8.85. The topological polar surface area (TPSA) is 104 Å². The monoisotopic (exact) mass is 400 g/mol. The van der Waals surface area contributed by atoms with Crippen LogP contribution in [0.4, 0.5) is 4.79 Å². The van der Waals surface area contributed by atoms with Crippen LogP contribution in [-0.2, 0) is 6.54 Å². The van der Waals surface area contributed by atoms with Gasteiger partial charge in [0.1, 0.15) is 6.10 Å². The number of rotatable bonds is 6. The molecule has 2 N–H and O–H groups in total. The summed E-state index contributed by atoms with van der Waals surface area (Å²) in [6.45, 7) is 0.663. The van der Waals surface area contributed by atoms with Crippen LogP contribution >= 0.6 is 0 Å². The predicted octanol–water partition coefficient (Wildman–Crippen LogP) is 2.40. The fourth-order valence-electron chi connectivity index (χ4n) is 3.49. The van der Waals surface area contributed by atoms with Crippen LogP contribution in [0.3, 0.4) is 0 Å². The zero-order chi connectivity index (χ0) is 20.1. The highest BCUT2D eigenvalue weighted by Crippen LogP contribution is 2.32. The Morgan fingerprint density at radius 3 is 2.66 bits per heavy atom. The number of methoxy groups -OCH3 is 1. The first-order valence-corrected chi connectivity index (χ1v) is 9.66. The fourth-order valence-corrected chi connectivity index (χ4v) is 3.49. The number of ether oxygens (including phenoxy) is 4. The van der Waals surface area contributed by atoms with Crippen LogP contribution in [0.2, 0.25) is 0 Å². The van der Waals surface area contributed by atoms with E-state index in [2.05, 4.69) is 20.6 Å². The third kappa shape index (κ3) is 4.79. The third-order valence-corrected chi connectivity index (χ3v) is 5.00. The van der Waals surface area contributed by atoms with Gasteiger partial charge in [0.15, 0.2) is 11.5 Å². The third-order valence-electron chi connectivity index (χ3n) is 5.00. The molecule has 2 aliphatic rings. The molecule has 2 aromatic rings. The molecule has 0 radical (unpaired) electrons. The summed E-state index contributed by atoms with van der Waals surface area (Å²) in [5.41, 5.74) is 0.958. The molecule has 9 heteroatoms. The van der Waals surface area contributed by atoms with E-state index in [0.717, 1.165) is 37.0 Å². The van der Waals surface area contributed by atoms with Gasteiger partial charge in [-0.05, 0) is 43.4 Å². The van der Waals surface area contributed by atoms with Crippen LogP contribution in [0.25, 0.3) is 0 Å². The first-order chi connectivity index (χ1) is 14.2. The van der Waals surface area contributed by atoms with Crippen LogP contribution in [0.15, 0.2) is 30.6 Å². The van der Waals surface area contributed by atoms with Gasteiger partial charge >= 0.3 is 6.03 Å². The molecule has 1 aliphatic heterocycles. The highest BCUT2D eigenvalue weighted by molar-refractivity contribution is 5.74. The summed E-state index contributed by atoms with van der Waals surface area (Å²) in [5.74, 6) is 2.24. The minimum atomic E-state index is -0.178. The van der Waals surface area contributed by atoms with Gasteiger partial charge in [-0.2, -0.15) is 0 Å². The van der Waals surface area contributed by atoms with Crippen LogP contribution in [0.5, 0.6) is 23.3 Å². The van der Waals surface area contributed by atoms with E-state index in [0.29, 0.717) is 24.1 Å². The van der Waals surface area contributed by atoms with Crippen molar-refractivity contribution in [3.05, 3.63) is 36.2 Å². The van der Waals surface area contributed by atoms with Crippen molar-refractivity contribution in [2.24, 2.45) is 0 Å².